The van der Waals surface area contributed by atoms with Gasteiger partial charge < -0.3 is 18.8 Å². The molecule has 0 aliphatic carbocycles. The van der Waals surface area contributed by atoms with Crippen molar-refractivity contribution < 1.29 is 4.42 Å². The van der Waals surface area contributed by atoms with Gasteiger partial charge in [0.05, 0.1) is 11.0 Å². The normalized spacial score (nSPS) is 15.7. The molecule has 1 atom stereocenters. The molecule has 0 fully saturated rings. The summed E-state index contributed by atoms with van der Waals surface area (Å²) in [6.45, 7) is 4.46. The zero-order chi connectivity index (χ0) is 23.0. The Kier molecular flexibility index (Phi) is 3.92. The standard InChI is InChI=1S/C30H25N3O/c1-19-17-24-22-13-7-9-15-25(22)33(21-11-5-4-6-12-21)27(24)18-26(19)32-20(2)31(3)30-29(32)23-14-8-10-16-28(23)34-30/h4-18,20H,1-3H3. The van der Waals surface area contributed by atoms with Crippen LogP contribution in [0.2, 0.25) is 0 Å². The van der Waals surface area contributed by atoms with Gasteiger partial charge in [0.1, 0.15) is 17.4 Å². The molecule has 2 aromatic heterocycles. The Balaban J connectivity index is 1.55. The number of aromatic nitrogens is 1. The highest BCUT2D eigenvalue weighted by atomic mass is 16.4. The maximum Gasteiger partial charge on any atom is 0.222 e. The van der Waals surface area contributed by atoms with Gasteiger partial charge >= 0.3 is 0 Å². The fourth-order valence-electron chi connectivity index (χ4n) is 5.57. The molecule has 4 heteroatoms. The van der Waals surface area contributed by atoms with Crippen molar-refractivity contribution in [3.05, 3.63) is 96.6 Å². The van der Waals surface area contributed by atoms with E-state index in [9.17, 15) is 0 Å². The summed E-state index contributed by atoms with van der Waals surface area (Å²) < 4.78 is 8.67. The van der Waals surface area contributed by atoms with E-state index in [1.807, 2.05) is 12.1 Å². The van der Waals surface area contributed by atoms with Gasteiger partial charge in [-0.15, -0.1) is 0 Å². The third-order valence-electron chi connectivity index (χ3n) is 7.31. The second kappa shape index (κ2) is 6.91. The van der Waals surface area contributed by atoms with Crippen LogP contribution >= 0.6 is 0 Å². The van der Waals surface area contributed by atoms with Gasteiger partial charge in [-0.2, -0.15) is 0 Å². The first-order valence-corrected chi connectivity index (χ1v) is 11.8. The van der Waals surface area contributed by atoms with Crippen molar-refractivity contribution in [2.45, 2.75) is 20.0 Å². The van der Waals surface area contributed by atoms with Crippen LogP contribution in [0.3, 0.4) is 0 Å². The minimum atomic E-state index is 0.143. The van der Waals surface area contributed by atoms with Gasteiger partial charge in [-0.1, -0.05) is 48.5 Å². The molecule has 0 N–H and O–H groups in total. The highest BCUT2D eigenvalue weighted by molar-refractivity contribution is 6.11. The first-order chi connectivity index (χ1) is 16.6. The van der Waals surface area contributed by atoms with E-state index >= 15 is 0 Å². The number of rotatable bonds is 2. The second-order valence-electron chi connectivity index (χ2n) is 9.21. The molecule has 166 valence electrons. The van der Waals surface area contributed by atoms with Crippen molar-refractivity contribution >= 4 is 50.0 Å². The van der Waals surface area contributed by atoms with Crippen molar-refractivity contribution in [3.63, 3.8) is 0 Å². The Bertz CT molecular complexity index is 1710. The Labute approximate surface area is 198 Å². The molecule has 4 aromatic carbocycles. The topological polar surface area (TPSA) is 24.6 Å². The zero-order valence-electron chi connectivity index (χ0n) is 19.5. The summed E-state index contributed by atoms with van der Waals surface area (Å²) in [6, 6.07) is 32.4. The van der Waals surface area contributed by atoms with Gasteiger partial charge in [-0.3, -0.25) is 0 Å². The molecular formula is C30H25N3O. The monoisotopic (exact) mass is 443 g/mol. The van der Waals surface area contributed by atoms with E-state index < -0.39 is 0 Å². The summed E-state index contributed by atoms with van der Waals surface area (Å²) >= 11 is 0. The smallest absolute Gasteiger partial charge is 0.222 e. The van der Waals surface area contributed by atoms with Crippen LogP contribution in [0.15, 0.2) is 95.4 Å². The van der Waals surface area contributed by atoms with Gasteiger partial charge in [0, 0.05) is 34.6 Å². The van der Waals surface area contributed by atoms with E-state index in [-0.39, 0.29) is 6.17 Å². The molecule has 0 saturated heterocycles. The third-order valence-corrected chi connectivity index (χ3v) is 7.31. The van der Waals surface area contributed by atoms with E-state index in [1.54, 1.807) is 0 Å². The minimum absolute atomic E-state index is 0.143. The summed E-state index contributed by atoms with van der Waals surface area (Å²) in [5.41, 5.74) is 8.14. The van der Waals surface area contributed by atoms with Crippen LogP contribution in [-0.4, -0.2) is 17.8 Å². The highest BCUT2D eigenvalue weighted by Gasteiger charge is 2.37. The molecule has 1 aliphatic heterocycles. The van der Waals surface area contributed by atoms with Gasteiger partial charge in [0.25, 0.3) is 0 Å². The lowest BCUT2D eigenvalue weighted by atomic mass is 10.1. The van der Waals surface area contributed by atoms with Crippen LogP contribution in [0.5, 0.6) is 0 Å². The highest BCUT2D eigenvalue weighted by Crippen LogP contribution is 2.51. The first-order valence-electron chi connectivity index (χ1n) is 11.8. The molecule has 34 heavy (non-hydrogen) atoms. The van der Waals surface area contributed by atoms with Gasteiger partial charge in [-0.05, 0) is 61.9 Å². The van der Waals surface area contributed by atoms with Crippen molar-refractivity contribution in [2.24, 2.45) is 0 Å². The molecule has 0 saturated carbocycles. The lowest BCUT2D eigenvalue weighted by Crippen LogP contribution is -2.36. The molecule has 7 rings (SSSR count). The third kappa shape index (κ3) is 2.48. The second-order valence-corrected chi connectivity index (χ2v) is 9.21. The summed E-state index contributed by atoms with van der Waals surface area (Å²) in [6.07, 6.45) is 0.143. The number of nitrogens with zero attached hydrogens (tertiary/aromatic N) is 3. The number of para-hydroxylation sites is 3. The van der Waals surface area contributed by atoms with E-state index in [2.05, 4.69) is 114 Å². The van der Waals surface area contributed by atoms with E-state index in [0.29, 0.717) is 0 Å². The van der Waals surface area contributed by atoms with Crippen LogP contribution in [0.1, 0.15) is 12.5 Å². The zero-order valence-corrected chi connectivity index (χ0v) is 19.5. The Hall–Kier alpha value is -4.18. The molecule has 1 unspecified atom stereocenters. The van der Waals surface area contributed by atoms with E-state index in [4.69, 9.17) is 4.42 Å². The van der Waals surface area contributed by atoms with Crippen LogP contribution in [0, 0.1) is 6.92 Å². The average molecular weight is 444 g/mol. The summed E-state index contributed by atoms with van der Waals surface area (Å²) in [5.74, 6) is 0.928. The number of aryl methyl sites for hydroxylation is 1. The molecule has 0 amide bonds. The largest absolute Gasteiger partial charge is 0.438 e. The average Bonchev–Trinajstić information content (AvgIpc) is 3.47. The number of anilines is 3. The molecule has 4 nitrogen and oxygen atoms in total. The lowest BCUT2D eigenvalue weighted by molar-refractivity contribution is 0.589. The van der Waals surface area contributed by atoms with Gasteiger partial charge in [0.2, 0.25) is 5.88 Å². The molecule has 0 bridgehead atoms. The van der Waals surface area contributed by atoms with Crippen LogP contribution in [0.25, 0.3) is 38.5 Å². The Morgan fingerprint density at radius 2 is 1.44 bits per heavy atom. The Morgan fingerprint density at radius 3 is 2.26 bits per heavy atom. The van der Waals surface area contributed by atoms with Gasteiger partial charge in [-0.25, -0.2) is 0 Å². The number of hydrogen-bond donors (Lipinski definition) is 0. The summed E-state index contributed by atoms with van der Waals surface area (Å²) in [7, 11) is 2.11. The Morgan fingerprint density at radius 1 is 0.735 bits per heavy atom. The number of furan rings is 1. The maximum absolute atomic E-state index is 6.29. The van der Waals surface area contributed by atoms with Crippen LogP contribution in [-0.2, 0) is 0 Å². The predicted octanol–water partition coefficient (Wildman–Crippen LogP) is 7.77. The fourth-order valence-corrected chi connectivity index (χ4v) is 5.57. The molecule has 0 radical (unpaired) electrons. The minimum Gasteiger partial charge on any atom is -0.438 e. The summed E-state index contributed by atoms with van der Waals surface area (Å²) in [5, 5.41) is 3.70. The lowest BCUT2D eigenvalue weighted by Gasteiger charge is -2.29. The number of fused-ring (bicyclic) bond motifs is 6. The molecule has 6 aromatic rings. The molecule has 0 spiro atoms. The molecule has 3 heterocycles. The summed E-state index contributed by atoms with van der Waals surface area (Å²) in [4.78, 5) is 4.66. The van der Waals surface area contributed by atoms with Crippen molar-refractivity contribution in [1.29, 1.82) is 0 Å². The van der Waals surface area contributed by atoms with Gasteiger partial charge in [0.15, 0.2) is 0 Å². The van der Waals surface area contributed by atoms with Crippen LogP contribution in [0.4, 0.5) is 17.3 Å². The molecule has 1 aliphatic rings. The predicted molar refractivity (Wildman–Crippen MR) is 142 cm³/mol. The maximum atomic E-state index is 6.29. The van der Waals surface area contributed by atoms with Crippen molar-refractivity contribution in [2.75, 3.05) is 16.8 Å². The quantitative estimate of drug-likeness (QED) is 0.273. The van der Waals surface area contributed by atoms with Crippen molar-refractivity contribution in [1.82, 2.24) is 4.57 Å². The number of benzene rings is 4. The van der Waals surface area contributed by atoms with E-state index in [1.165, 1.54) is 38.7 Å². The van der Waals surface area contributed by atoms with Crippen LogP contribution < -0.4 is 9.80 Å². The van der Waals surface area contributed by atoms with E-state index in [0.717, 1.165) is 22.5 Å². The van der Waals surface area contributed by atoms with Crippen molar-refractivity contribution in [3.8, 4) is 5.69 Å². The fraction of sp³-hybridized carbons (Fsp3) is 0.133. The molecular weight excluding hydrogens is 418 g/mol. The SMILES string of the molecule is Cc1cc2c3ccccc3n(-c3ccccc3)c2cc1N1c2c(oc3ccccc23)N(C)C1C. The number of hydrogen-bond acceptors (Lipinski definition) is 3. The first kappa shape index (κ1) is 19.3.